The Balaban J connectivity index is 2.37. The first-order chi connectivity index (χ1) is 9.38. The molecule has 0 aliphatic rings. The Bertz CT molecular complexity index is 630. The van der Waals surface area contributed by atoms with Gasteiger partial charge in [-0.3, -0.25) is 4.98 Å². The molecule has 2 N–H and O–H groups in total. The van der Waals surface area contributed by atoms with Crippen LogP contribution in [0.4, 0.5) is 5.69 Å². The summed E-state index contributed by atoms with van der Waals surface area (Å²) in [4.78, 5) is 15.5. The average molecular weight is 272 g/mol. The van der Waals surface area contributed by atoms with Gasteiger partial charge in [-0.15, -0.1) is 0 Å². The maximum absolute atomic E-state index is 11.3. The molecular formula is C16H20N2O2. The standard InChI is InChI=1S/C16H20N2O2/c1-16(2,3)8-9-17-14-11-6-4-5-7-13(11)18-10-12(14)15(19)20/h4-7,10H,8-9H2,1-3H3,(H,17,18)(H,19,20). The van der Waals surface area contributed by atoms with Crippen LogP contribution in [-0.4, -0.2) is 22.6 Å². The topological polar surface area (TPSA) is 62.2 Å². The number of fused-ring (bicyclic) bond motifs is 1. The van der Waals surface area contributed by atoms with E-state index in [0.717, 1.165) is 23.9 Å². The normalized spacial score (nSPS) is 11.6. The highest BCUT2D eigenvalue weighted by Gasteiger charge is 2.15. The Hall–Kier alpha value is -2.10. The molecule has 2 aromatic rings. The predicted molar refractivity (Wildman–Crippen MR) is 81.3 cm³/mol. The van der Waals surface area contributed by atoms with Crippen molar-refractivity contribution < 1.29 is 9.90 Å². The summed E-state index contributed by atoms with van der Waals surface area (Å²) >= 11 is 0. The van der Waals surface area contributed by atoms with E-state index >= 15 is 0 Å². The van der Waals surface area contributed by atoms with Gasteiger partial charge in [-0.05, 0) is 17.9 Å². The molecule has 0 atom stereocenters. The number of nitrogens with one attached hydrogen (secondary N) is 1. The van der Waals surface area contributed by atoms with E-state index in [1.54, 1.807) is 0 Å². The van der Waals surface area contributed by atoms with Crippen LogP contribution < -0.4 is 5.32 Å². The van der Waals surface area contributed by atoms with Gasteiger partial charge in [-0.2, -0.15) is 0 Å². The first-order valence-corrected chi connectivity index (χ1v) is 6.73. The van der Waals surface area contributed by atoms with Crippen LogP contribution in [-0.2, 0) is 0 Å². The Morgan fingerprint density at radius 3 is 2.65 bits per heavy atom. The number of anilines is 1. The van der Waals surface area contributed by atoms with E-state index < -0.39 is 5.97 Å². The smallest absolute Gasteiger partial charge is 0.339 e. The fourth-order valence-corrected chi connectivity index (χ4v) is 2.06. The fourth-order valence-electron chi connectivity index (χ4n) is 2.06. The lowest BCUT2D eigenvalue weighted by atomic mass is 9.92. The molecule has 106 valence electrons. The van der Waals surface area contributed by atoms with Crippen LogP contribution in [0.2, 0.25) is 0 Å². The zero-order chi connectivity index (χ0) is 14.8. The summed E-state index contributed by atoms with van der Waals surface area (Å²) in [5, 5.41) is 13.4. The van der Waals surface area contributed by atoms with Gasteiger partial charge in [-0.1, -0.05) is 39.0 Å². The molecule has 0 bridgehead atoms. The Morgan fingerprint density at radius 2 is 2.00 bits per heavy atom. The molecule has 0 spiro atoms. The molecule has 2 rings (SSSR count). The highest BCUT2D eigenvalue weighted by molar-refractivity contribution is 6.04. The molecule has 0 fully saturated rings. The van der Waals surface area contributed by atoms with Gasteiger partial charge in [0, 0.05) is 18.1 Å². The van der Waals surface area contributed by atoms with Crippen molar-refractivity contribution in [2.75, 3.05) is 11.9 Å². The Morgan fingerprint density at radius 1 is 1.30 bits per heavy atom. The molecule has 4 nitrogen and oxygen atoms in total. The van der Waals surface area contributed by atoms with Crippen molar-refractivity contribution in [2.24, 2.45) is 5.41 Å². The number of carboxylic acids is 1. The van der Waals surface area contributed by atoms with Gasteiger partial charge in [0.1, 0.15) is 5.56 Å². The Kier molecular flexibility index (Phi) is 3.93. The number of carboxylic acid groups (broad SMARTS) is 1. The van der Waals surface area contributed by atoms with Crippen molar-refractivity contribution in [3.8, 4) is 0 Å². The second-order valence-electron chi connectivity index (χ2n) is 6.11. The molecule has 1 aromatic heterocycles. The van der Waals surface area contributed by atoms with Crippen LogP contribution >= 0.6 is 0 Å². The van der Waals surface area contributed by atoms with Gasteiger partial charge >= 0.3 is 5.97 Å². The summed E-state index contributed by atoms with van der Waals surface area (Å²) < 4.78 is 0. The summed E-state index contributed by atoms with van der Waals surface area (Å²) in [6.45, 7) is 7.23. The van der Waals surface area contributed by atoms with Crippen LogP contribution in [0.15, 0.2) is 30.5 Å². The van der Waals surface area contributed by atoms with E-state index in [9.17, 15) is 9.90 Å². The number of benzene rings is 1. The molecular weight excluding hydrogens is 252 g/mol. The lowest BCUT2D eigenvalue weighted by Crippen LogP contribution is -2.15. The van der Waals surface area contributed by atoms with E-state index in [1.807, 2.05) is 24.3 Å². The number of aromatic carboxylic acids is 1. The first kappa shape index (κ1) is 14.3. The van der Waals surface area contributed by atoms with Gasteiger partial charge < -0.3 is 10.4 Å². The van der Waals surface area contributed by atoms with E-state index in [-0.39, 0.29) is 11.0 Å². The maximum atomic E-state index is 11.3. The minimum atomic E-state index is -0.957. The third-order valence-corrected chi connectivity index (χ3v) is 3.18. The molecule has 1 aromatic carbocycles. The number of hydrogen-bond donors (Lipinski definition) is 2. The minimum Gasteiger partial charge on any atom is -0.478 e. The molecule has 1 heterocycles. The number of hydrogen-bond acceptors (Lipinski definition) is 3. The quantitative estimate of drug-likeness (QED) is 0.889. The average Bonchev–Trinajstić information content (AvgIpc) is 2.37. The molecule has 0 aliphatic carbocycles. The second kappa shape index (κ2) is 5.49. The van der Waals surface area contributed by atoms with Crippen LogP contribution in [0, 0.1) is 5.41 Å². The fraction of sp³-hybridized carbons (Fsp3) is 0.375. The highest BCUT2D eigenvalue weighted by atomic mass is 16.4. The third-order valence-electron chi connectivity index (χ3n) is 3.18. The van der Waals surface area contributed by atoms with Crippen LogP contribution in [0.1, 0.15) is 37.6 Å². The number of para-hydroxylation sites is 1. The molecule has 0 radical (unpaired) electrons. The van der Waals surface area contributed by atoms with Gasteiger partial charge in [0.25, 0.3) is 0 Å². The van der Waals surface area contributed by atoms with Crippen LogP contribution in [0.5, 0.6) is 0 Å². The number of nitrogens with zero attached hydrogens (tertiary/aromatic N) is 1. The largest absolute Gasteiger partial charge is 0.478 e. The first-order valence-electron chi connectivity index (χ1n) is 6.73. The van der Waals surface area contributed by atoms with Crippen molar-refractivity contribution in [1.29, 1.82) is 0 Å². The minimum absolute atomic E-state index is 0.208. The molecule has 0 amide bonds. The third kappa shape index (κ3) is 3.26. The highest BCUT2D eigenvalue weighted by Crippen LogP contribution is 2.27. The Labute approximate surface area is 118 Å². The lowest BCUT2D eigenvalue weighted by Gasteiger charge is -2.19. The van der Waals surface area contributed by atoms with E-state index in [1.165, 1.54) is 6.20 Å². The zero-order valence-electron chi connectivity index (χ0n) is 12.1. The van der Waals surface area contributed by atoms with E-state index in [0.29, 0.717) is 5.69 Å². The molecule has 20 heavy (non-hydrogen) atoms. The lowest BCUT2D eigenvalue weighted by molar-refractivity contribution is 0.0697. The second-order valence-corrected chi connectivity index (χ2v) is 6.11. The maximum Gasteiger partial charge on any atom is 0.339 e. The van der Waals surface area contributed by atoms with Gasteiger partial charge in [0.05, 0.1) is 11.2 Å². The van der Waals surface area contributed by atoms with Crippen molar-refractivity contribution in [3.63, 3.8) is 0 Å². The number of aromatic nitrogens is 1. The summed E-state index contributed by atoms with van der Waals surface area (Å²) in [6.07, 6.45) is 2.38. The number of pyridine rings is 1. The van der Waals surface area contributed by atoms with Gasteiger partial charge in [-0.25, -0.2) is 4.79 Å². The van der Waals surface area contributed by atoms with Gasteiger partial charge in [0.2, 0.25) is 0 Å². The summed E-state index contributed by atoms with van der Waals surface area (Å²) in [5.41, 5.74) is 1.89. The molecule has 4 heteroatoms. The van der Waals surface area contributed by atoms with Crippen molar-refractivity contribution in [2.45, 2.75) is 27.2 Å². The molecule has 0 saturated carbocycles. The van der Waals surface area contributed by atoms with E-state index in [2.05, 4.69) is 31.1 Å². The zero-order valence-corrected chi connectivity index (χ0v) is 12.1. The number of rotatable bonds is 4. The molecule has 0 saturated heterocycles. The van der Waals surface area contributed by atoms with Crippen molar-refractivity contribution in [3.05, 3.63) is 36.0 Å². The SMILES string of the molecule is CC(C)(C)CCNc1c(C(=O)O)cnc2ccccc12. The van der Waals surface area contributed by atoms with Crippen LogP contribution in [0.25, 0.3) is 10.9 Å². The summed E-state index contributed by atoms with van der Waals surface area (Å²) in [6, 6.07) is 7.57. The van der Waals surface area contributed by atoms with Crippen LogP contribution in [0.3, 0.4) is 0 Å². The van der Waals surface area contributed by atoms with Gasteiger partial charge in [0.15, 0.2) is 0 Å². The monoisotopic (exact) mass is 272 g/mol. The summed E-state index contributed by atoms with van der Waals surface area (Å²) in [5.74, 6) is -0.957. The van der Waals surface area contributed by atoms with E-state index in [4.69, 9.17) is 0 Å². The summed E-state index contributed by atoms with van der Waals surface area (Å²) in [7, 11) is 0. The molecule has 0 aliphatic heterocycles. The number of carbonyl (C=O) groups is 1. The van der Waals surface area contributed by atoms with Crippen molar-refractivity contribution in [1.82, 2.24) is 4.98 Å². The van der Waals surface area contributed by atoms with Crippen molar-refractivity contribution >= 4 is 22.6 Å². The predicted octanol–water partition coefficient (Wildman–Crippen LogP) is 3.78. The molecule has 0 unspecified atom stereocenters.